The number of hydrogen-bond acceptors (Lipinski definition) is 5. The largest absolute Gasteiger partial charge is 0.353 e. The van der Waals surface area contributed by atoms with Gasteiger partial charge in [0.1, 0.15) is 11.7 Å². The summed E-state index contributed by atoms with van der Waals surface area (Å²) in [6.45, 7) is 5.78. The van der Waals surface area contributed by atoms with Gasteiger partial charge in [0, 0.05) is 20.6 Å². The summed E-state index contributed by atoms with van der Waals surface area (Å²) in [6, 6.07) is -0.560. The highest BCUT2D eigenvalue weighted by Gasteiger charge is 2.27. The van der Waals surface area contributed by atoms with Gasteiger partial charge in [0.05, 0.1) is 4.92 Å². The van der Waals surface area contributed by atoms with Crippen LogP contribution in [0.15, 0.2) is 0 Å². The van der Waals surface area contributed by atoms with Crippen LogP contribution < -0.4 is 5.32 Å². The molecule has 0 spiro atoms. The Hall–Kier alpha value is -2.12. The van der Waals surface area contributed by atoms with Crippen LogP contribution in [-0.4, -0.2) is 45.6 Å². The van der Waals surface area contributed by atoms with Crippen LogP contribution in [0.3, 0.4) is 0 Å². The van der Waals surface area contributed by atoms with E-state index in [-0.39, 0.29) is 17.4 Å². The molecular formula is C12H21N5O3. The van der Waals surface area contributed by atoms with E-state index in [1.165, 1.54) is 4.90 Å². The molecule has 1 heterocycles. The summed E-state index contributed by atoms with van der Waals surface area (Å²) < 4.78 is 1.55. The van der Waals surface area contributed by atoms with Gasteiger partial charge in [-0.15, -0.1) is 0 Å². The summed E-state index contributed by atoms with van der Waals surface area (Å²) in [5, 5.41) is 18.2. The number of anilines is 1. The number of carbonyl (C=O) groups excluding carboxylic acids is 1. The fourth-order valence-electron chi connectivity index (χ4n) is 1.96. The van der Waals surface area contributed by atoms with Gasteiger partial charge in [0.25, 0.3) is 0 Å². The first-order valence-electron chi connectivity index (χ1n) is 6.49. The molecule has 1 unspecified atom stereocenters. The van der Waals surface area contributed by atoms with Crippen LogP contribution in [-0.2, 0) is 11.3 Å². The van der Waals surface area contributed by atoms with E-state index in [1.54, 1.807) is 32.6 Å². The molecule has 1 rings (SSSR count). The van der Waals surface area contributed by atoms with Gasteiger partial charge in [0.2, 0.25) is 11.7 Å². The van der Waals surface area contributed by atoms with E-state index in [9.17, 15) is 14.9 Å². The fraction of sp³-hybridized carbons (Fsp3) is 0.667. The second kappa shape index (κ2) is 6.36. The standard InChI is InChI=1S/C12H21N5O3/c1-6-7-16-11(10(17(19)20)8(2)14-16)13-9(3)12(18)15(4)5/h9,13H,6-7H2,1-5H3. The summed E-state index contributed by atoms with van der Waals surface area (Å²) in [7, 11) is 3.28. The minimum Gasteiger partial charge on any atom is -0.353 e. The molecule has 1 aromatic rings. The predicted octanol–water partition coefficient (Wildman–Crippen LogP) is 1.40. The highest BCUT2D eigenvalue weighted by molar-refractivity contribution is 5.84. The van der Waals surface area contributed by atoms with E-state index < -0.39 is 11.0 Å². The van der Waals surface area contributed by atoms with Gasteiger partial charge >= 0.3 is 5.69 Å². The number of nitrogens with zero attached hydrogens (tertiary/aromatic N) is 4. The summed E-state index contributed by atoms with van der Waals surface area (Å²) in [4.78, 5) is 24.0. The lowest BCUT2D eigenvalue weighted by molar-refractivity contribution is -0.384. The SMILES string of the molecule is CCCn1nc(C)c([N+](=O)[O-])c1NC(C)C(=O)N(C)C. The lowest BCUT2D eigenvalue weighted by Crippen LogP contribution is -2.37. The van der Waals surface area contributed by atoms with E-state index >= 15 is 0 Å². The molecule has 0 fully saturated rings. The smallest absolute Gasteiger partial charge is 0.333 e. The number of likely N-dealkylation sites (N-methyl/N-ethyl adjacent to an activating group) is 1. The molecule has 20 heavy (non-hydrogen) atoms. The Morgan fingerprint density at radius 2 is 2.15 bits per heavy atom. The maximum absolute atomic E-state index is 11.9. The van der Waals surface area contributed by atoms with Crippen LogP contribution in [0.25, 0.3) is 0 Å². The topological polar surface area (TPSA) is 93.3 Å². The third kappa shape index (κ3) is 3.25. The first-order chi connectivity index (χ1) is 9.29. The molecule has 0 aliphatic rings. The number of rotatable bonds is 6. The predicted molar refractivity (Wildman–Crippen MR) is 75.7 cm³/mol. The molecule has 0 radical (unpaired) electrons. The molecule has 0 saturated heterocycles. The summed E-state index contributed by atoms with van der Waals surface area (Å²) in [6.07, 6.45) is 0.795. The van der Waals surface area contributed by atoms with Crippen molar-refractivity contribution in [3.63, 3.8) is 0 Å². The fourth-order valence-corrected chi connectivity index (χ4v) is 1.96. The molecule has 1 atom stereocenters. The Bertz CT molecular complexity index is 509. The third-order valence-corrected chi connectivity index (χ3v) is 2.88. The molecule has 0 aliphatic heterocycles. The summed E-state index contributed by atoms with van der Waals surface area (Å²) in [5.74, 6) is 0.137. The van der Waals surface area contributed by atoms with Crippen LogP contribution in [0.5, 0.6) is 0 Å². The Balaban J connectivity index is 3.14. The number of aromatic nitrogens is 2. The van der Waals surface area contributed by atoms with Gasteiger partial charge in [-0.3, -0.25) is 14.9 Å². The molecular weight excluding hydrogens is 262 g/mol. The monoisotopic (exact) mass is 283 g/mol. The van der Waals surface area contributed by atoms with E-state index in [2.05, 4.69) is 10.4 Å². The maximum atomic E-state index is 11.9. The van der Waals surface area contributed by atoms with E-state index in [0.717, 1.165) is 6.42 Å². The van der Waals surface area contributed by atoms with Gasteiger partial charge in [-0.05, 0) is 20.3 Å². The van der Waals surface area contributed by atoms with Crippen molar-refractivity contribution in [1.29, 1.82) is 0 Å². The quantitative estimate of drug-likeness (QED) is 0.629. The van der Waals surface area contributed by atoms with Crippen LogP contribution in [0.4, 0.5) is 11.5 Å². The van der Waals surface area contributed by atoms with Gasteiger partial charge in [-0.2, -0.15) is 5.10 Å². The van der Waals surface area contributed by atoms with Crippen molar-refractivity contribution in [2.24, 2.45) is 0 Å². The molecule has 8 nitrogen and oxygen atoms in total. The van der Waals surface area contributed by atoms with Crippen LogP contribution in [0.2, 0.25) is 0 Å². The van der Waals surface area contributed by atoms with Crippen molar-refractivity contribution in [3.8, 4) is 0 Å². The van der Waals surface area contributed by atoms with E-state index in [1.807, 2.05) is 6.92 Å². The Morgan fingerprint density at radius 1 is 1.55 bits per heavy atom. The van der Waals surface area contributed by atoms with Crippen molar-refractivity contribution in [3.05, 3.63) is 15.8 Å². The van der Waals surface area contributed by atoms with Crippen molar-refractivity contribution in [2.75, 3.05) is 19.4 Å². The lowest BCUT2D eigenvalue weighted by Gasteiger charge is -2.19. The van der Waals surface area contributed by atoms with E-state index in [0.29, 0.717) is 12.2 Å². The van der Waals surface area contributed by atoms with Crippen LogP contribution in [0.1, 0.15) is 26.0 Å². The molecule has 0 bridgehead atoms. The molecule has 0 aromatic carbocycles. The van der Waals surface area contributed by atoms with Crippen LogP contribution >= 0.6 is 0 Å². The van der Waals surface area contributed by atoms with Crippen molar-refractivity contribution < 1.29 is 9.72 Å². The van der Waals surface area contributed by atoms with Gasteiger partial charge in [-0.25, -0.2) is 4.68 Å². The average Bonchev–Trinajstić information content (AvgIpc) is 2.64. The number of carbonyl (C=O) groups is 1. The zero-order valence-corrected chi connectivity index (χ0v) is 12.5. The zero-order chi connectivity index (χ0) is 15.4. The number of nitro groups is 1. The number of aryl methyl sites for hydroxylation is 2. The number of amides is 1. The molecule has 112 valence electrons. The minimum atomic E-state index is -0.560. The van der Waals surface area contributed by atoms with E-state index in [4.69, 9.17) is 0 Å². The maximum Gasteiger partial charge on any atom is 0.333 e. The summed E-state index contributed by atoms with van der Waals surface area (Å²) in [5.41, 5.74) is 0.271. The zero-order valence-electron chi connectivity index (χ0n) is 12.5. The highest BCUT2D eigenvalue weighted by atomic mass is 16.6. The molecule has 8 heteroatoms. The van der Waals surface area contributed by atoms with Crippen LogP contribution in [0, 0.1) is 17.0 Å². The number of nitrogens with one attached hydrogen (secondary N) is 1. The number of hydrogen-bond donors (Lipinski definition) is 1. The highest BCUT2D eigenvalue weighted by Crippen LogP contribution is 2.29. The van der Waals surface area contributed by atoms with Gasteiger partial charge in [0.15, 0.2) is 0 Å². The normalized spacial score (nSPS) is 12.1. The molecule has 1 aromatic heterocycles. The second-order valence-electron chi connectivity index (χ2n) is 4.86. The first kappa shape index (κ1) is 15.9. The molecule has 1 amide bonds. The first-order valence-corrected chi connectivity index (χ1v) is 6.49. The second-order valence-corrected chi connectivity index (χ2v) is 4.86. The molecule has 0 aliphatic carbocycles. The third-order valence-electron chi connectivity index (χ3n) is 2.88. The molecule has 0 saturated carbocycles. The Morgan fingerprint density at radius 3 is 2.60 bits per heavy atom. The minimum absolute atomic E-state index is 0.0724. The van der Waals surface area contributed by atoms with Crippen molar-refractivity contribution in [2.45, 2.75) is 39.8 Å². The Labute approximate surface area is 117 Å². The summed E-state index contributed by atoms with van der Waals surface area (Å²) >= 11 is 0. The Kier molecular flexibility index (Phi) is 5.06. The average molecular weight is 283 g/mol. The lowest BCUT2D eigenvalue weighted by atomic mass is 10.3. The van der Waals surface area contributed by atoms with Gasteiger partial charge in [-0.1, -0.05) is 6.92 Å². The molecule has 1 N–H and O–H groups in total. The van der Waals surface area contributed by atoms with Gasteiger partial charge < -0.3 is 10.2 Å². The van der Waals surface area contributed by atoms with Crippen molar-refractivity contribution >= 4 is 17.4 Å². The van der Waals surface area contributed by atoms with Crippen molar-refractivity contribution in [1.82, 2.24) is 14.7 Å².